The number of rotatable bonds is 2. The highest BCUT2D eigenvalue weighted by molar-refractivity contribution is 6.29. The maximum absolute atomic E-state index is 13.4. The third kappa shape index (κ3) is 3.61. The molecule has 2 aromatic rings. The van der Waals surface area contributed by atoms with E-state index in [9.17, 15) is 17.6 Å². The van der Waals surface area contributed by atoms with Gasteiger partial charge in [-0.25, -0.2) is 9.37 Å². The van der Waals surface area contributed by atoms with Crippen LogP contribution in [0.3, 0.4) is 0 Å². The molecule has 3 nitrogen and oxygen atoms in total. The lowest BCUT2D eigenvalue weighted by Crippen LogP contribution is -2.05. The first kappa shape index (κ1) is 15.1. The number of hydrogen-bond donors (Lipinski definition) is 0. The van der Waals surface area contributed by atoms with Crippen LogP contribution in [0.4, 0.5) is 17.6 Å². The molecule has 0 saturated heterocycles. The van der Waals surface area contributed by atoms with Gasteiger partial charge in [0.15, 0.2) is 0 Å². The minimum atomic E-state index is -4.61. The molecule has 108 valence electrons. The van der Waals surface area contributed by atoms with Crippen molar-refractivity contribution in [1.29, 1.82) is 5.26 Å². The summed E-state index contributed by atoms with van der Waals surface area (Å²) in [5, 5.41) is 8.17. The van der Waals surface area contributed by atoms with Crippen molar-refractivity contribution >= 4 is 11.6 Å². The molecule has 0 N–H and O–H groups in total. The Morgan fingerprint density at radius 2 is 1.90 bits per heavy atom. The predicted octanol–water partition coefficient (Wildman–Crippen LogP) is 4.56. The Balaban J connectivity index is 2.34. The molecule has 0 aliphatic rings. The van der Waals surface area contributed by atoms with E-state index in [-0.39, 0.29) is 11.3 Å². The summed E-state index contributed by atoms with van der Waals surface area (Å²) in [4.78, 5) is 3.57. The third-order valence-corrected chi connectivity index (χ3v) is 2.57. The van der Waals surface area contributed by atoms with Gasteiger partial charge in [-0.1, -0.05) is 11.6 Å². The Labute approximate surface area is 121 Å². The Bertz CT molecular complexity index is 725. The molecule has 0 saturated carbocycles. The van der Waals surface area contributed by atoms with Crippen LogP contribution in [-0.2, 0) is 6.18 Å². The van der Waals surface area contributed by atoms with Crippen molar-refractivity contribution in [3.05, 3.63) is 52.4 Å². The van der Waals surface area contributed by atoms with Gasteiger partial charge in [-0.05, 0) is 18.2 Å². The van der Waals surface area contributed by atoms with Gasteiger partial charge in [0.2, 0.25) is 5.88 Å². The van der Waals surface area contributed by atoms with Crippen molar-refractivity contribution in [2.45, 2.75) is 6.18 Å². The fraction of sp³-hybridized carbons (Fsp3) is 0.0769. The van der Waals surface area contributed by atoms with Crippen molar-refractivity contribution < 1.29 is 22.3 Å². The molecule has 1 aromatic heterocycles. The molecule has 0 aliphatic heterocycles. The van der Waals surface area contributed by atoms with E-state index < -0.39 is 28.6 Å². The van der Waals surface area contributed by atoms with Crippen molar-refractivity contribution in [3.8, 4) is 17.7 Å². The number of nitriles is 1. The SMILES string of the molecule is N#Cc1ccc(Oc2cc(C(F)(F)F)cc(Cl)n2)cc1F. The quantitative estimate of drug-likeness (QED) is 0.603. The van der Waals surface area contributed by atoms with Crippen molar-refractivity contribution in [3.63, 3.8) is 0 Å². The summed E-state index contributed by atoms with van der Waals surface area (Å²) in [5.41, 5.74) is -1.25. The summed E-state index contributed by atoms with van der Waals surface area (Å²) >= 11 is 5.49. The van der Waals surface area contributed by atoms with E-state index in [0.717, 1.165) is 12.1 Å². The fourth-order valence-corrected chi connectivity index (χ4v) is 1.66. The summed E-state index contributed by atoms with van der Waals surface area (Å²) in [6.45, 7) is 0. The smallest absolute Gasteiger partial charge is 0.416 e. The topological polar surface area (TPSA) is 45.9 Å². The van der Waals surface area contributed by atoms with E-state index in [1.165, 1.54) is 6.07 Å². The zero-order chi connectivity index (χ0) is 15.6. The third-order valence-electron chi connectivity index (χ3n) is 2.38. The molecule has 21 heavy (non-hydrogen) atoms. The summed E-state index contributed by atoms with van der Waals surface area (Å²) in [7, 11) is 0. The van der Waals surface area contributed by atoms with Crippen LogP contribution in [0, 0.1) is 17.1 Å². The highest BCUT2D eigenvalue weighted by atomic mass is 35.5. The molecule has 0 bridgehead atoms. The van der Waals surface area contributed by atoms with E-state index in [1.807, 2.05) is 0 Å². The number of ether oxygens (including phenoxy) is 1. The van der Waals surface area contributed by atoms with Gasteiger partial charge in [-0.2, -0.15) is 18.4 Å². The van der Waals surface area contributed by atoms with Crippen LogP contribution in [0.25, 0.3) is 0 Å². The Morgan fingerprint density at radius 3 is 2.48 bits per heavy atom. The lowest BCUT2D eigenvalue weighted by molar-refractivity contribution is -0.137. The second kappa shape index (κ2) is 5.58. The molecular weight excluding hydrogens is 312 g/mol. The number of alkyl halides is 3. The van der Waals surface area contributed by atoms with Crippen LogP contribution in [-0.4, -0.2) is 4.98 Å². The van der Waals surface area contributed by atoms with Gasteiger partial charge in [0.1, 0.15) is 22.8 Å². The van der Waals surface area contributed by atoms with Crippen LogP contribution in [0.2, 0.25) is 5.15 Å². The van der Waals surface area contributed by atoms with Gasteiger partial charge in [0, 0.05) is 12.1 Å². The summed E-state index contributed by atoms with van der Waals surface area (Å²) in [6.07, 6.45) is -4.61. The average Bonchev–Trinajstić information content (AvgIpc) is 2.37. The van der Waals surface area contributed by atoms with Crippen molar-refractivity contribution in [2.75, 3.05) is 0 Å². The van der Waals surface area contributed by atoms with Gasteiger partial charge in [-0.15, -0.1) is 0 Å². The molecule has 0 spiro atoms. The molecule has 0 atom stereocenters. The molecule has 1 heterocycles. The standard InChI is InChI=1S/C13H5ClF4N2O/c14-11-3-8(13(16,17)18)4-12(20-11)21-9-2-1-7(6-19)10(15)5-9/h1-5H. The van der Waals surface area contributed by atoms with E-state index in [1.54, 1.807) is 6.07 Å². The summed E-state index contributed by atoms with van der Waals surface area (Å²) < 4.78 is 56.2. The highest BCUT2D eigenvalue weighted by Gasteiger charge is 2.31. The molecule has 0 radical (unpaired) electrons. The van der Waals surface area contributed by atoms with Gasteiger partial charge in [0.25, 0.3) is 0 Å². The fourth-order valence-electron chi connectivity index (χ4n) is 1.46. The molecule has 2 rings (SSSR count). The summed E-state index contributed by atoms with van der Waals surface area (Å²) in [5.74, 6) is -1.39. The van der Waals surface area contributed by atoms with E-state index in [0.29, 0.717) is 12.1 Å². The lowest BCUT2D eigenvalue weighted by Gasteiger charge is -2.10. The molecule has 8 heteroatoms. The van der Waals surface area contributed by atoms with E-state index in [4.69, 9.17) is 21.6 Å². The molecule has 0 fully saturated rings. The van der Waals surface area contributed by atoms with Crippen LogP contribution in [0.1, 0.15) is 11.1 Å². The lowest BCUT2D eigenvalue weighted by atomic mass is 10.2. The van der Waals surface area contributed by atoms with Gasteiger partial charge >= 0.3 is 6.18 Å². The van der Waals surface area contributed by atoms with Crippen LogP contribution < -0.4 is 4.74 Å². The number of halogens is 5. The first-order valence-electron chi connectivity index (χ1n) is 5.42. The molecule has 1 aromatic carbocycles. The maximum atomic E-state index is 13.4. The first-order valence-corrected chi connectivity index (χ1v) is 5.79. The molecule has 0 amide bonds. The molecule has 0 unspecified atom stereocenters. The molecule has 0 aliphatic carbocycles. The molecular formula is C13H5ClF4N2O. The van der Waals surface area contributed by atoms with Crippen LogP contribution in [0.15, 0.2) is 30.3 Å². The minimum Gasteiger partial charge on any atom is -0.439 e. The van der Waals surface area contributed by atoms with Gasteiger partial charge < -0.3 is 4.74 Å². The second-order valence-corrected chi connectivity index (χ2v) is 4.26. The summed E-state index contributed by atoms with van der Waals surface area (Å²) in [6, 6.07) is 6.14. The van der Waals surface area contributed by atoms with Gasteiger partial charge in [0.05, 0.1) is 11.1 Å². The van der Waals surface area contributed by atoms with Crippen LogP contribution >= 0.6 is 11.6 Å². The normalized spacial score (nSPS) is 11.0. The van der Waals surface area contributed by atoms with Crippen LogP contribution in [0.5, 0.6) is 11.6 Å². The van der Waals surface area contributed by atoms with Crippen molar-refractivity contribution in [2.24, 2.45) is 0 Å². The number of benzene rings is 1. The zero-order valence-corrected chi connectivity index (χ0v) is 10.8. The van der Waals surface area contributed by atoms with E-state index in [2.05, 4.69) is 4.98 Å². The maximum Gasteiger partial charge on any atom is 0.416 e. The second-order valence-electron chi connectivity index (χ2n) is 3.87. The number of hydrogen-bond acceptors (Lipinski definition) is 3. The first-order chi connectivity index (χ1) is 9.79. The van der Waals surface area contributed by atoms with E-state index >= 15 is 0 Å². The average molecular weight is 317 g/mol. The number of pyridine rings is 1. The van der Waals surface area contributed by atoms with Gasteiger partial charge in [-0.3, -0.25) is 0 Å². The Hall–Kier alpha value is -2.33. The monoisotopic (exact) mass is 316 g/mol. The van der Waals surface area contributed by atoms with Crippen molar-refractivity contribution in [1.82, 2.24) is 4.98 Å². The highest BCUT2D eigenvalue weighted by Crippen LogP contribution is 2.33. The Kier molecular flexibility index (Phi) is 4.00. The minimum absolute atomic E-state index is 0.102. The number of nitrogens with zero attached hydrogens (tertiary/aromatic N) is 2. The predicted molar refractivity (Wildman–Crippen MR) is 65.4 cm³/mol. The number of aromatic nitrogens is 1. The zero-order valence-electron chi connectivity index (χ0n) is 10.1. The largest absolute Gasteiger partial charge is 0.439 e. The Morgan fingerprint density at radius 1 is 1.19 bits per heavy atom.